The molecule has 0 radical (unpaired) electrons. The first kappa shape index (κ1) is 15.8. The van der Waals surface area contributed by atoms with Gasteiger partial charge in [-0.1, -0.05) is 0 Å². The number of hydrogen-bond donors (Lipinski definition) is 0. The number of ether oxygens (including phenoxy) is 1. The van der Waals surface area contributed by atoms with Crippen LogP contribution < -0.4 is 9.04 Å². The summed E-state index contributed by atoms with van der Waals surface area (Å²) in [7, 11) is -0.733. The van der Waals surface area contributed by atoms with Crippen molar-refractivity contribution in [2.75, 3.05) is 18.5 Å². The van der Waals surface area contributed by atoms with E-state index in [9.17, 15) is 8.42 Å². The van der Waals surface area contributed by atoms with Crippen molar-refractivity contribution in [3.63, 3.8) is 0 Å². The van der Waals surface area contributed by atoms with Crippen molar-refractivity contribution in [3.05, 3.63) is 34.3 Å². The Morgan fingerprint density at radius 2 is 1.81 bits per heavy atom. The average Bonchev–Trinajstić information content (AvgIpc) is 2.86. The van der Waals surface area contributed by atoms with Crippen molar-refractivity contribution in [3.8, 4) is 5.75 Å². The summed E-state index contributed by atoms with van der Waals surface area (Å²) in [4.78, 5) is 4.38. The van der Waals surface area contributed by atoms with Gasteiger partial charge in [0.05, 0.1) is 12.8 Å². The topological polar surface area (TPSA) is 59.5 Å². The molecule has 0 amide bonds. The van der Waals surface area contributed by atoms with Gasteiger partial charge in [0.15, 0.2) is 5.13 Å². The fourth-order valence-corrected chi connectivity index (χ4v) is 4.22. The lowest BCUT2D eigenvalue weighted by Gasteiger charge is -2.19. The lowest BCUT2D eigenvalue weighted by atomic mass is 10.1. The minimum absolute atomic E-state index is 0.156. The van der Waals surface area contributed by atoms with Crippen molar-refractivity contribution in [2.24, 2.45) is 0 Å². The first-order valence-corrected chi connectivity index (χ1v) is 8.65. The summed E-state index contributed by atoms with van der Waals surface area (Å²) >= 11 is 1.29. The second kappa shape index (κ2) is 5.65. The van der Waals surface area contributed by atoms with Gasteiger partial charge in [-0.25, -0.2) is 17.7 Å². The highest BCUT2D eigenvalue weighted by Crippen LogP contribution is 2.32. The SMILES string of the molecule is COc1cc(C)c(C)cc1S(=O)(=O)N(C)c1nc(C)cs1. The standard InChI is InChI=1S/C14H18N2O3S2/c1-9-6-12(19-5)13(7-10(9)2)21(17,18)16(4)14-15-11(3)8-20-14/h6-8H,1-5H3. The molecule has 21 heavy (non-hydrogen) atoms. The maximum Gasteiger partial charge on any atom is 0.269 e. The van der Waals surface area contributed by atoms with E-state index in [-0.39, 0.29) is 4.90 Å². The van der Waals surface area contributed by atoms with Crippen LogP contribution in [0.15, 0.2) is 22.4 Å². The molecule has 0 spiro atoms. The van der Waals surface area contributed by atoms with E-state index in [0.29, 0.717) is 10.9 Å². The summed E-state index contributed by atoms with van der Waals surface area (Å²) in [6, 6.07) is 3.38. The monoisotopic (exact) mass is 326 g/mol. The number of hydrogen-bond acceptors (Lipinski definition) is 5. The smallest absolute Gasteiger partial charge is 0.269 e. The Balaban J connectivity index is 2.56. The van der Waals surface area contributed by atoms with Crippen LogP contribution in [0, 0.1) is 20.8 Å². The lowest BCUT2D eigenvalue weighted by Crippen LogP contribution is -2.27. The number of rotatable bonds is 4. The molecule has 5 nitrogen and oxygen atoms in total. The van der Waals surface area contributed by atoms with Gasteiger partial charge in [-0.05, 0) is 44.0 Å². The van der Waals surface area contributed by atoms with Crippen LogP contribution in [0.1, 0.15) is 16.8 Å². The van der Waals surface area contributed by atoms with Crippen LogP contribution in [-0.4, -0.2) is 27.6 Å². The third kappa shape index (κ3) is 2.89. The highest BCUT2D eigenvalue weighted by atomic mass is 32.2. The zero-order valence-corrected chi connectivity index (χ0v) is 14.3. The molecule has 7 heteroatoms. The van der Waals surface area contributed by atoms with Gasteiger partial charge in [0.25, 0.3) is 10.0 Å². The van der Waals surface area contributed by atoms with E-state index in [1.165, 1.54) is 29.8 Å². The predicted octanol–water partition coefficient (Wildman–Crippen LogP) is 2.90. The van der Waals surface area contributed by atoms with Gasteiger partial charge in [-0.15, -0.1) is 11.3 Å². The van der Waals surface area contributed by atoms with Crippen LogP contribution in [0.5, 0.6) is 5.75 Å². The molecule has 0 aliphatic carbocycles. The maximum absolute atomic E-state index is 12.8. The summed E-state index contributed by atoms with van der Waals surface area (Å²) in [5.41, 5.74) is 2.68. The Morgan fingerprint density at radius 1 is 1.19 bits per heavy atom. The zero-order valence-electron chi connectivity index (χ0n) is 12.7. The third-order valence-electron chi connectivity index (χ3n) is 3.29. The maximum atomic E-state index is 12.8. The first-order valence-electron chi connectivity index (χ1n) is 6.33. The fraction of sp³-hybridized carbons (Fsp3) is 0.357. The minimum Gasteiger partial charge on any atom is -0.495 e. The molecule has 1 heterocycles. The molecule has 0 aliphatic rings. The molecular weight excluding hydrogens is 308 g/mol. The van der Waals surface area contributed by atoms with Gasteiger partial charge in [-0.3, -0.25) is 0 Å². The molecular formula is C14H18N2O3S2. The van der Waals surface area contributed by atoms with E-state index < -0.39 is 10.0 Å². The summed E-state index contributed by atoms with van der Waals surface area (Å²) in [6.45, 7) is 5.63. The van der Waals surface area contributed by atoms with E-state index >= 15 is 0 Å². The molecule has 0 unspecified atom stereocenters. The summed E-state index contributed by atoms with van der Waals surface area (Å²) < 4.78 is 32.0. The van der Waals surface area contributed by atoms with Crippen molar-refractivity contribution in [2.45, 2.75) is 25.7 Å². The van der Waals surface area contributed by atoms with E-state index in [1.54, 1.807) is 12.1 Å². The zero-order chi connectivity index (χ0) is 15.8. The second-order valence-electron chi connectivity index (χ2n) is 4.83. The number of thiazole rings is 1. The van der Waals surface area contributed by atoms with Gasteiger partial charge in [0.1, 0.15) is 10.6 Å². The largest absolute Gasteiger partial charge is 0.495 e. The molecule has 0 atom stereocenters. The van der Waals surface area contributed by atoms with Crippen molar-refractivity contribution < 1.29 is 13.2 Å². The van der Waals surface area contributed by atoms with E-state index in [0.717, 1.165) is 16.8 Å². The third-order valence-corrected chi connectivity index (χ3v) is 6.21. The molecule has 2 rings (SSSR count). The number of benzene rings is 1. The van der Waals surface area contributed by atoms with E-state index in [1.807, 2.05) is 26.2 Å². The molecule has 1 aromatic heterocycles. The quantitative estimate of drug-likeness (QED) is 0.867. The van der Waals surface area contributed by atoms with Crippen molar-refractivity contribution >= 4 is 26.5 Å². The van der Waals surface area contributed by atoms with Gasteiger partial charge in [0.2, 0.25) is 0 Å². The highest BCUT2D eigenvalue weighted by Gasteiger charge is 2.27. The number of anilines is 1. The fourth-order valence-electron chi connectivity index (χ4n) is 1.86. The van der Waals surface area contributed by atoms with Crippen LogP contribution in [0.25, 0.3) is 0 Å². The molecule has 1 aromatic carbocycles. The molecule has 0 saturated carbocycles. The van der Waals surface area contributed by atoms with Crippen molar-refractivity contribution in [1.82, 2.24) is 4.98 Å². The van der Waals surface area contributed by atoms with E-state index in [2.05, 4.69) is 4.98 Å². The molecule has 0 fully saturated rings. The van der Waals surface area contributed by atoms with Gasteiger partial charge >= 0.3 is 0 Å². The molecule has 0 bridgehead atoms. The van der Waals surface area contributed by atoms with Crippen LogP contribution in [-0.2, 0) is 10.0 Å². The number of aromatic nitrogens is 1. The van der Waals surface area contributed by atoms with Crippen LogP contribution in [0.3, 0.4) is 0 Å². The summed E-state index contributed by atoms with van der Waals surface area (Å²) in [5.74, 6) is 0.346. The number of sulfonamides is 1. The number of methoxy groups -OCH3 is 1. The Kier molecular flexibility index (Phi) is 4.25. The van der Waals surface area contributed by atoms with Crippen LogP contribution in [0.2, 0.25) is 0 Å². The lowest BCUT2D eigenvalue weighted by molar-refractivity contribution is 0.402. The highest BCUT2D eigenvalue weighted by molar-refractivity contribution is 7.93. The molecule has 114 valence electrons. The minimum atomic E-state index is -3.70. The van der Waals surface area contributed by atoms with E-state index in [4.69, 9.17) is 4.74 Å². The van der Waals surface area contributed by atoms with Gasteiger partial charge in [-0.2, -0.15) is 0 Å². The Bertz CT molecular complexity index is 767. The molecule has 0 aliphatic heterocycles. The summed E-state index contributed by atoms with van der Waals surface area (Å²) in [5, 5.41) is 2.26. The Hall–Kier alpha value is -1.60. The summed E-state index contributed by atoms with van der Waals surface area (Å²) in [6.07, 6.45) is 0. The first-order chi connectivity index (χ1) is 9.77. The Labute approximate surface area is 129 Å². The van der Waals surface area contributed by atoms with Crippen LogP contribution in [0.4, 0.5) is 5.13 Å². The van der Waals surface area contributed by atoms with Gasteiger partial charge in [0, 0.05) is 12.4 Å². The van der Waals surface area contributed by atoms with Gasteiger partial charge < -0.3 is 4.74 Å². The van der Waals surface area contributed by atoms with Crippen LogP contribution >= 0.6 is 11.3 Å². The molecule has 0 N–H and O–H groups in total. The molecule has 0 saturated heterocycles. The average molecular weight is 326 g/mol. The number of nitrogens with zero attached hydrogens (tertiary/aromatic N) is 2. The normalized spacial score (nSPS) is 11.5. The molecule has 2 aromatic rings. The predicted molar refractivity (Wildman–Crippen MR) is 84.9 cm³/mol. The number of aryl methyl sites for hydroxylation is 3. The Morgan fingerprint density at radius 3 is 2.33 bits per heavy atom. The van der Waals surface area contributed by atoms with Crippen molar-refractivity contribution in [1.29, 1.82) is 0 Å². The second-order valence-corrected chi connectivity index (χ2v) is 7.61.